The standard InChI is InChI=1S/C14H28O6/c1-3-4-5-6-7-9(2)19-14-13(18)12(17)11(16)10(8-15)20-14/h9-18H,3-8H2,1-2H3/t9?,10-,11-,12+,13-,14?/m1/s1. The zero-order chi connectivity index (χ0) is 15.1. The van der Waals surface area contributed by atoms with Crippen molar-refractivity contribution >= 4 is 0 Å². The highest BCUT2D eigenvalue weighted by Gasteiger charge is 2.44. The Labute approximate surface area is 120 Å². The van der Waals surface area contributed by atoms with Crippen LogP contribution in [0, 0.1) is 0 Å². The van der Waals surface area contributed by atoms with Crippen molar-refractivity contribution < 1.29 is 29.9 Å². The Hall–Kier alpha value is -0.240. The molecule has 0 amide bonds. The highest BCUT2D eigenvalue weighted by atomic mass is 16.7. The number of aliphatic hydroxyl groups excluding tert-OH is 4. The Morgan fingerprint density at radius 3 is 2.35 bits per heavy atom. The minimum absolute atomic E-state index is 0.117. The summed E-state index contributed by atoms with van der Waals surface area (Å²) in [6, 6.07) is 0. The molecule has 0 radical (unpaired) electrons. The van der Waals surface area contributed by atoms with Crippen LogP contribution in [0.1, 0.15) is 46.0 Å². The first-order valence-electron chi connectivity index (χ1n) is 7.47. The largest absolute Gasteiger partial charge is 0.394 e. The summed E-state index contributed by atoms with van der Waals surface area (Å²) in [6.45, 7) is 3.59. The molecule has 6 nitrogen and oxygen atoms in total. The molecule has 0 aliphatic carbocycles. The maximum absolute atomic E-state index is 9.84. The zero-order valence-electron chi connectivity index (χ0n) is 12.3. The zero-order valence-corrected chi connectivity index (χ0v) is 12.3. The molecular weight excluding hydrogens is 264 g/mol. The van der Waals surface area contributed by atoms with Gasteiger partial charge in [-0.3, -0.25) is 0 Å². The second-order valence-corrected chi connectivity index (χ2v) is 5.49. The highest BCUT2D eigenvalue weighted by Crippen LogP contribution is 2.23. The van der Waals surface area contributed by atoms with E-state index < -0.39 is 37.3 Å². The molecule has 4 N–H and O–H groups in total. The van der Waals surface area contributed by atoms with Gasteiger partial charge in [0.2, 0.25) is 0 Å². The second kappa shape index (κ2) is 8.92. The van der Waals surface area contributed by atoms with E-state index in [1.807, 2.05) is 6.92 Å². The lowest BCUT2D eigenvalue weighted by Gasteiger charge is -2.40. The van der Waals surface area contributed by atoms with E-state index in [0.717, 1.165) is 19.3 Å². The molecule has 120 valence electrons. The monoisotopic (exact) mass is 292 g/mol. The molecule has 0 aromatic carbocycles. The van der Waals surface area contributed by atoms with E-state index in [9.17, 15) is 15.3 Å². The number of hydrogen-bond acceptors (Lipinski definition) is 6. The molecular formula is C14H28O6. The summed E-state index contributed by atoms with van der Waals surface area (Å²) in [5, 5.41) is 38.2. The van der Waals surface area contributed by atoms with Gasteiger partial charge in [0, 0.05) is 0 Å². The SMILES string of the molecule is CCCCCCC(C)OC1O[C@H](CO)[C@@H](O)[C@H](O)[C@H]1O. The molecule has 1 rings (SSSR count). The summed E-state index contributed by atoms with van der Waals surface area (Å²) in [4.78, 5) is 0. The summed E-state index contributed by atoms with van der Waals surface area (Å²) in [5.74, 6) is 0. The topological polar surface area (TPSA) is 99.4 Å². The van der Waals surface area contributed by atoms with Crippen LogP contribution in [0.15, 0.2) is 0 Å². The first-order chi connectivity index (χ1) is 9.51. The average Bonchev–Trinajstić information content (AvgIpc) is 2.44. The van der Waals surface area contributed by atoms with Gasteiger partial charge in [0.15, 0.2) is 6.29 Å². The van der Waals surface area contributed by atoms with Crippen LogP contribution in [0.2, 0.25) is 0 Å². The number of hydrogen-bond donors (Lipinski definition) is 4. The van der Waals surface area contributed by atoms with E-state index in [0.29, 0.717) is 0 Å². The summed E-state index contributed by atoms with van der Waals surface area (Å²) in [6.07, 6.45) is -0.709. The summed E-state index contributed by atoms with van der Waals surface area (Å²) < 4.78 is 10.9. The second-order valence-electron chi connectivity index (χ2n) is 5.49. The smallest absolute Gasteiger partial charge is 0.186 e. The lowest BCUT2D eigenvalue weighted by atomic mass is 9.99. The maximum Gasteiger partial charge on any atom is 0.186 e. The Morgan fingerprint density at radius 2 is 1.75 bits per heavy atom. The molecule has 20 heavy (non-hydrogen) atoms. The molecule has 1 aliphatic heterocycles. The van der Waals surface area contributed by atoms with Crippen molar-refractivity contribution in [2.75, 3.05) is 6.61 Å². The number of aliphatic hydroxyl groups is 4. The third kappa shape index (κ3) is 4.95. The van der Waals surface area contributed by atoms with E-state index in [4.69, 9.17) is 14.6 Å². The molecule has 0 aromatic rings. The molecule has 1 aliphatic rings. The van der Waals surface area contributed by atoms with Crippen LogP contribution in [0.25, 0.3) is 0 Å². The van der Waals surface area contributed by atoms with Gasteiger partial charge in [-0.15, -0.1) is 0 Å². The van der Waals surface area contributed by atoms with Crippen LogP contribution in [-0.2, 0) is 9.47 Å². The third-order valence-electron chi connectivity index (χ3n) is 3.68. The van der Waals surface area contributed by atoms with Gasteiger partial charge in [-0.1, -0.05) is 32.6 Å². The van der Waals surface area contributed by atoms with Crippen LogP contribution in [0.3, 0.4) is 0 Å². The molecule has 0 spiro atoms. The van der Waals surface area contributed by atoms with Crippen molar-refractivity contribution in [1.82, 2.24) is 0 Å². The normalized spacial score (nSPS) is 36.0. The first-order valence-corrected chi connectivity index (χ1v) is 7.47. The van der Waals surface area contributed by atoms with Crippen LogP contribution in [-0.4, -0.2) is 63.8 Å². The molecule has 0 aromatic heterocycles. The van der Waals surface area contributed by atoms with E-state index >= 15 is 0 Å². The maximum atomic E-state index is 9.84. The molecule has 0 saturated carbocycles. The van der Waals surface area contributed by atoms with Crippen molar-refractivity contribution in [1.29, 1.82) is 0 Å². The van der Waals surface area contributed by atoms with Crippen molar-refractivity contribution in [3.63, 3.8) is 0 Å². The molecule has 2 unspecified atom stereocenters. The van der Waals surface area contributed by atoms with E-state index in [-0.39, 0.29) is 6.10 Å². The fourth-order valence-corrected chi connectivity index (χ4v) is 2.34. The van der Waals surface area contributed by atoms with Gasteiger partial charge in [0.1, 0.15) is 24.4 Å². The molecule has 0 bridgehead atoms. The van der Waals surface area contributed by atoms with Gasteiger partial charge in [0.05, 0.1) is 12.7 Å². The summed E-state index contributed by atoms with van der Waals surface area (Å²) in [7, 11) is 0. The molecule has 6 atom stereocenters. The van der Waals surface area contributed by atoms with Gasteiger partial charge < -0.3 is 29.9 Å². The average molecular weight is 292 g/mol. The van der Waals surface area contributed by atoms with Gasteiger partial charge in [-0.05, 0) is 13.3 Å². The summed E-state index contributed by atoms with van der Waals surface area (Å²) in [5.41, 5.74) is 0. The molecule has 1 fully saturated rings. The van der Waals surface area contributed by atoms with Crippen molar-refractivity contribution in [3.05, 3.63) is 0 Å². The van der Waals surface area contributed by atoms with E-state index in [1.54, 1.807) is 0 Å². The van der Waals surface area contributed by atoms with Crippen molar-refractivity contribution in [2.45, 2.75) is 82.8 Å². The predicted octanol–water partition coefficient (Wildman–Crippen LogP) is 0.162. The molecule has 1 saturated heterocycles. The van der Waals surface area contributed by atoms with Crippen LogP contribution < -0.4 is 0 Å². The molecule has 6 heteroatoms. The van der Waals surface area contributed by atoms with E-state index in [2.05, 4.69) is 6.92 Å². The lowest BCUT2D eigenvalue weighted by molar-refractivity contribution is -0.310. The van der Waals surface area contributed by atoms with Crippen molar-refractivity contribution in [3.8, 4) is 0 Å². The van der Waals surface area contributed by atoms with Gasteiger partial charge in [-0.25, -0.2) is 0 Å². The number of unbranched alkanes of at least 4 members (excludes halogenated alkanes) is 3. The minimum Gasteiger partial charge on any atom is -0.394 e. The minimum atomic E-state index is -1.38. The Bertz CT molecular complexity index is 260. The number of rotatable bonds is 8. The fourth-order valence-electron chi connectivity index (χ4n) is 2.34. The Morgan fingerprint density at radius 1 is 1.05 bits per heavy atom. The highest BCUT2D eigenvalue weighted by molar-refractivity contribution is 4.89. The van der Waals surface area contributed by atoms with Crippen molar-refractivity contribution in [2.24, 2.45) is 0 Å². The Balaban J connectivity index is 2.40. The van der Waals surface area contributed by atoms with Gasteiger partial charge in [-0.2, -0.15) is 0 Å². The van der Waals surface area contributed by atoms with Gasteiger partial charge in [0.25, 0.3) is 0 Å². The van der Waals surface area contributed by atoms with Crippen LogP contribution >= 0.6 is 0 Å². The van der Waals surface area contributed by atoms with Gasteiger partial charge >= 0.3 is 0 Å². The Kier molecular flexibility index (Phi) is 7.94. The summed E-state index contributed by atoms with van der Waals surface area (Å²) >= 11 is 0. The quantitative estimate of drug-likeness (QED) is 0.476. The fraction of sp³-hybridized carbons (Fsp3) is 1.00. The first kappa shape index (κ1) is 17.8. The lowest BCUT2D eigenvalue weighted by Crippen LogP contribution is -2.59. The third-order valence-corrected chi connectivity index (χ3v) is 3.68. The molecule has 1 heterocycles. The van der Waals surface area contributed by atoms with Crippen LogP contribution in [0.4, 0.5) is 0 Å². The number of ether oxygens (including phenoxy) is 2. The predicted molar refractivity (Wildman–Crippen MR) is 73.1 cm³/mol. The van der Waals surface area contributed by atoms with E-state index in [1.165, 1.54) is 12.8 Å². The van der Waals surface area contributed by atoms with Crippen LogP contribution in [0.5, 0.6) is 0 Å².